The summed E-state index contributed by atoms with van der Waals surface area (Å²) in [6, 6.07) is 7.55. The summed E-state index contributed by atoms with van der Waals surface area (Å²) in [6.07, 6.45) is 0.584. The van der Waals surface area contributed by atoms with E-state index >= 15 is 0 Å². The maximum absolute atomic E-state index is 12.5. The summed E-state index contributed by atoms with van der Waals surface area (Å²) < 4.78 is 5.60. The van der Waals surface area contributed by atoms with Gasteiger partial charge in [-0.3, -0.25) is 9.78 Å². The Kier molecular flexibility index (Phi) is 5.91. The Hall–Kier alpha value is -2.67. The first-order chi connectivity index (χ1) is 13.0. The molecule has 0 bridgehead atoms. The molecule has 3 rings (SSSR count). The number of aliphatic hydroxyl groups excluding tert-OH is 1. The van der Waals surface area contributed by atoms with E-state index in [-0.39, 0.29) is 12.5 Å². The number of benzene rings is 1. The molecule has 0 spiro atoms. The van der Waals surface area contributed by atoms with Crippen LogP contribution in [0.2, 0.25) is 0 Å². The summed E-state index contributed by atoms with van der Waals surface area (Å²) in [4.78, 5) is 25.3. The molecule has 1 aliphatic heterocycles. The van der Waals surface area contributed by atoms with E-state index in [2.05, 4.69) is 14.9 Å². The standard InChI is InChI=1S/C20H26N4O3/c1-14-6-4-5-7-18(14)27-13-17(25)20(26)24-10-8-23(9-11-24)19-16(3)21-12-15(2)22-19/h4-7,12,17,25H,8-11,13H2,1-3H3/t17-/m1/s1. The van der Waals surface area contributed by atoms with Gasteiger partial charge in [-0.2, -0.15) is 0 Å². The number of hydrogen-bond donors (Lipinski definition) is 1. The zero-order valence-electron chi connectivity index (χ0n) is 16.1. The van der Waals surface area contributed by atoms with Crippen LogP contribution in [0.5, 0.6) is 5.75 Å². The maximum Gasteiger partial charge on any atom is 0.255 e. The van der Waals surface area contributed by atoms with Crippen LogP contribution in [0, 0.1) is 20.8 Å². The first-order valence-electron chi connectivity index (χ1n) is 9.16. The van der Waals surface area contributed by atoms with Gasteiger partial charge in [0.05, 0.1) is 11.4 Å². The van der Waals surface area contributed by atoms with Crippen LogP contribution >= 0.6 is 0 Å². The molecule has 1 saturated heterocycles. The fraction of sp³-hybridized carbons (Fsp3) is 0.450. The Balaban J connectivity index is 1.53. The minimum atomic E-state index is -1.17. The van der Waals surface area contributed by atoms with Crippen LogP contribution in [0.1, 0.15) is 17.0 Å². The molecular weight excluding hydrogens is 344 g/mol. The second-order valence-electron chi connectivity index (χ2n) is 6.83. The zero-order chi connectivity index (χ0) is 19.4. The van der Waals surface area contributed by atoms with E-state index in [0.717, 1.165) is 22.8 Å². The number of piperazine rings is 1. The molecule has 1 aromatic carbocycles. The minimum Gasteiger partial charge on any atom is -0.490 e. The summed E-state index contributed by atoms with van der Waals surface area (Å²) in [5.41, 5.74) is 2.73. The molecule has 7 heteroatoms. The van der Waals surface area contributed by atoms with Crippen molar-refractivity contribution in [1.29, 1.82) is 0 Å². The van der Waals surface area contributed by atoms with Gasteiger partial charge in [-0.1, -0.05) is 18.2 Å². The number of carbonyl (C=O) groups excluding carboxylic acids is 1. The highest BCUT2D eigenvalue weighted by atomic mass is 16.5. The zero-order valence-corrected chi connectivity index (χ0v) is 16.1. The maximum atomic E-state index is 12.5. The molecule has 27 heavy (non-hydrogen) atoms. The van der Waals surface area contributed by atoms with Gasteiger partial charge in [0.1, 0.15) is 18.2 Å². The average Bonchev–Trinajstić information content (AvgIpc) is 2.68. The highest BCUT2D eigenvalue weighted by Gasteiger charge is 2.27. The number of aryl methyl sites for hydroxylation is 3. The van der Waals surface area contributed by atoms with Gasteiger partial charge in [0, 0.05) is 32.4 Å². The molecule has 2 heterocycles. The summed E-state index contributed by atoms with van der Waals surface area (Å²) in [5, 5.41) is 10.2. The molecule has 7 nitrogen and oxygen atoms in total. The molecular formula is C20H26N4O3. The summed E-state index contributed by atoms with van der Waals surface area (Å²) in [6.45, 7) is 8.13. The molecule has 1 fully saturated rings. The second-order valence-corrected chi connectivity index (χ2v) is 6.83. The number of nitrogens with zero attached hydrogens (tertiary/aromatic N) is 4. The van der Waals surface area contributed by atoms with E-state index in [1.54, 1.807) is 11.1 Å². The second kappa shape index (κ2) is 8.35. The largest absolute Gasteiger partial charge is 0.490 e. The monoisotopic (exact) mass is 370 g/mol. The van der Waals surface area contributed by atoms with Crippen LogP contribution in [0.15, 0.2) is 30.5 Å². The molecule has 0 radical (unpaired) electrons. The third-order valence-electron chi connectivity index (χ3n) is 4.72. The molecule has 0 saturated carbocycles. The predicted octanol–water partition coefficient (Wildman–Crippen LogP) is 1.49. The molecule has 1 aliphatic rings. The van der Waals surface area contributed by atoms with Crippen molar-refractivity contribution in [3.8, 4) is 5.75 Å². The Morgan fingerprint density at radius 2 is 1.89 bits per heavy atom. The first-order valence-corrected chi connectivity index (χ1v) is 9.16. The summed E-state index contributed by atoms with van der Waals surface area (Å²) in [5.74, 6) is 1.25. The van der Waals surface area contributed by atoms with E-state index in [1.807, 2.05) is 45.0 Å². The van der Waals surface area contributed by atoms with Crippen molar-refractivity contribution in [1.82, 2.24) is 14.9 Å². The van der Waals surface area contributed by atoms with Gasteiger partial charge in [0.15, 0.2) is 6.10 Å². The van der Waals surface area contributed by atoms with Crippen LogP contribution in [0.4, 0.5) is 5.82 Å². The number of ether oxygens (including phenoxy) is 1. The number of anilines is 1. The Labute approximate surface area is 159 Å². The van der Waals surface area contributed by atoms with Crippen molar-refractivity contribution in [3.05, 3.63) is 47.4 Å². The third-order valence-corrected chi connectivity index (χ3v) is 4.72. The van der Waals surface area contributed by atoms with Crippen LogP contribution < -0.4 is 9.64 Å². The van der Waals surface area contributed by atoms with Crippen LogP contribution in [-0.4, -0.2) is 64.8 Å². The van der Waals surface area contributed by atoms with Crippen molar-refractivity contribution in [2.45, 2.75) is 26.9 Å². The quantitative estimate of drug-likeness (QED) is 0.859. The topological polar surface area (TPSA) is 78.8 Å². The van der Waals surface area contributed by atoms with Gasteiger partial charge in [-0.15, -0.1) is 0 Å². The SMILES string of the molecule is Cc1cnc(C)c(N2CCN(C(=O)[C@H](O)COc3ccccc3C)CC2)n1. The number of carbonyl (C=O) groups is 1. The molecule has 0 aliphatic carbocycles. The van der Waals surface area contributed by atoms with Crippen LogP contribution in [0.3, 0.4) is 0 Å². The Morgan fingerprint density at radius 1 is 1.19 bits per heavy atom. The number of aromatic nitrogens is 2. The molecule has 2 aromatic rings. The lowest BCUT2D eigenvalue weighted by Crippen LogP contribution is -2.52. The van der Waals surface area contributed by atoms with E-state index in [9.17, 15) is 9.90 Å². The number of hydrogen-bond acceptors (Lipinski definition) is 6. The van der Waals surface area contributed by atoms with Crippen LogP contribution in [-0.2, 0) is 4.79 Å². The number of aliphatic hydroxyl groups is 1. The lowest BCUT2D eigenvalue weighted by Gasteiger charge is -2.36. The van der Waals surface area contributed by atoms with Crippen molar-refractivity contribution in [3.63, 3.8) is 0 Å². The Morgan fingerprint density at radius 3 is 2.59 bits per heavy atom. The lowest BCUT2D eigenvalue weighted by atomic mass is 10.2. The highest BCUT2D eigenvalue weighted by Crippen LogP contribution is 2.19. The van der Waals surface area contributed by atoms with E-state index in [4.69, 9.17) is 4.74 Å². The molecule has 1 N–H and O–H groups in total. The molecule has 1 atom stereocenters. The van der Waals surface area contributed by atoms with Gasteiger partial charge in [-0.25, -0.2) is 4.98 Å². The summed E-state index contributed by atoms with van der Waals surface area (Å²) in [7, 11) is 0. The third kappa shape index (κ3) is 4.54. The fourth-order valence-electron chi connectivity index (χ4n) is 3.13. The minimum absolute atomic E-state index is 0.0492. The van der Waals surface area contributed by atoms with Crippen molar-refractivity contribution in [2.24, 2.45) is 0 Å². The fourth-order valence-corrected chi connectivity index (χ4v) is 3.13. The molecule has 1 aromatic heterocycles. The van der Waals surface area contributed by atoms with Crippen molar-refractivity contribution < 1.29 is 14.6 Å². The average molecular weight is 370 g/mol. The number of para-hydroxylation sites is 1. The predicted molar refractivity (Wildman–Crippen MR) is 103 cm³/mol. The van der Waals surface area contributed by atoms with Crippen molar-refractivity contribution in [2.75, 3.05) is 37.7 Å². The molecule has 1 amide bonds. The van der Waals surface area contributed by atoms with Gasteiger partial charge in [-0.05, 0) is 32.4 Å². The van der Waals surface area contributed by atoms with Crippen molar-refractivity contribution >= 4 is 11.7 Å². The Bertz CT molecular complexity index is 804. The first kappa shape index (κ1) is 19.1. The molecule has 0 unspecified atom stereocenters. The number of rotatable bonds is 5. The van der Waals surface area contributed by atoms with Gasteiger partial charge >= 0.3 is 0 Å². The van der Waals surface area contributed by atoms with E-state index < -0.39 is 6.10 Å². The van der Waals surface area contributed by atoms with Gasteiger partial charge < -0.3 is 19.6 Å². The summed E-state index contributed by atoms with van der Waals surface area (Å²) >= 11 is 0. The smallest absolute Gasteiger partial charge is 0.255 e. The highest BCUT2D eigenvalue weighted by molar-refractivity contribution is 5.81. The van der Waals surface area contributed by atoms with Crippen LogP contribution in [0.25, 0.3) is 0 Å². The molecule has 144 valence electrons. The normalized spacial score (nSPS) is 15.6. The number of amides is 1. The van der Waals surface area contributed by atoms with Gasteiger partial charge in [0.25, 0.3) is 5.91 Å². The lowest BCUT2D eigenvalue weighted by molar-refractivity contribution is -0.142. The van der Waals surface area contributed by atoms with E-state index in [0.29, 0.717) is 31.9 Å². The van der Waals surface area contributed by atoms with Gasteiger partial charge in [0.2, 0.25) is 0 Å². The van der Waals surface area contributed by atoms with E-state index in [1.165, 1.54) is 0 Å².